The SMILES string of the molecule is [C-]#[N+]c1cnc2ccc(-c3c(-c4ccc(F)cc4)nn4c3COCC4)cn12. The number of rotatable bonds is 2. The molecular weight excluding hydrogens is 345 g/mol. The molecule has 0 spiro atoms. The fourth-order valence-electron chi connectivity index (χ4n) is 3.46. The van der Waals surface area contributed by atoms with Gasteiger partial charge in [-0.2, -0.15) is 5.10 Å². The van der Waals surface area contributed by atoms with Crippen molar-refractivity contribution in [3.63, 3.8) is 0 Å². The van der Waals surface area contributed by atoms with Gasteiger partial charge in [0.2, 0.25) is 5.65 Å². The van der Waals surface area contributed by atoms with Gasteiger partial charge in [-0.15, -0.1) is 0 Å². The zero-order chi connectivity index (χ0) is 18.4. The Labute approximate surface area is 154 Å². The summed E-state index contributed by atoms with van der Waals surface area (Å²) in [6.07, 6.45) is 3.46. The maximum Gasteiger partial charge on any atom is 0.254 e. The molecule has 0 aliphatic carbocycles. The first kappa shape index (κ1) is 15.7. The molecule has 1 aliphatic heterocycles. The average molecular weight is 359 g/mol. The topological polar surface area (TPSA) is 48.7 Å². The smallest absolute Gasteiger partial charge is 0.254 e. The molecule has 0 saturated heterocycles. The van der Waals surface area contributed by atoms with Crippen molar-refractivity contribution in [2.45, 2.75) is 13.2 Å². The van der Waals surface area contributed by atoms with Gasteiger partial charge in [0, 0.05) is 22.8 Å². The molecule has 0 radical (unpaired) electrons. The number of nitrogens with zero attached hydrogens (tertiary/aromatic N) is 5. The predicted octanol–water partition coefficient (Wildman–Crippen LogP) is 4.08. The van der Waals surface area contributed by atoms with Gasteiger partial charge in [0.25, 0.3) is 5.82 Å². The third kappa shape index (κ3) is 2.50. The predicted molar refractivity (Wildman–Crippen MR) is 97.7 cm³/mol. The van der Waals surface area contributed by atoms with Gasteiger partial charge >= 0.3 is 0 Å². The largest absolute Gasteiger partial charge is 0.373 e. The summed E-state index contributed by atoms with van der Waals surface area (Å²) >= 11 is 0. The van der Waals surface area contributed by atoms with Gasteiger partial charge in [-0.05, 0) is 30.3 Å². The number of pyridine rings is 1. The minimum absolute atomic E-state index is 0.283. The normalized spacial score (nSPS) is 13.5. The Bertz CT molecular complexity index is 1200. The maximum absolute atomic E-state index is 13.4. The van der Waals surface area contributed by atoms with Crippen LogP contribution in [0.2, 0.25) is 0 Å². The van der Waals surface area contributed by atoms with E-state index in [4.69, 9.17) is 16.4 Å². The first-order valence-electron chi connectivity index (χ1n) is 8.53. The lowest BCUT2D eigenvalue weighted by atomic mass is 10.00. The van der Waals surface area contributed by atoms with Crippen LogP contribution in [0.5, 0.6) is 0 Å². The highest BCUT2D eigenvalue weighted by molar-refractivity contribution is 5.83. The molecule has 3 aromatic heterocycles. The number of halogens is 1. The van der Waals surface area contributed by atoms with E-state index in [0.29, 0.717) is 31.2 Å². The lowest BCUT2D eigenvalue weighted by Crippen LogP contribution is -2.17. The molecule has 0 N–H and O–H groups in total. The summed E-state index contributed by atoms with van der Waals surface area (Å²) in [6, 6.07) is 10.2. The summed E-state index contributed by atoms with van der Waals surface area (Å²) in [5, 5.41) is 4.77. The molecular formula is C20H14FN5O. The molecule has 132 valence electrons. The molecule has 5 rings (SSSR count). The van der Waals surface area contributed by atoms with Crippen LogP contribution in [0.1, 0.15) is 5.69 Å². The third-order valence-electron chi connectivity index (χ3n) is 4.75. The van der Waals surface area contributed by atoms with Crippen molar-refractivity contribution in [2.75, 3.05) is 6.61 Å². The van der Waals surface area contributed by atoms with Crippen molar-refractivity contribution in [2.24, 2.45) is 0 Å². The number of hydrogen-bond acceptors (Lipinski definition) is 3. The van der Waals surface area contributed by atoms with Crippen LogP contribution in [-0.4, -0.2) is 25.8 Å². The molecule has 1 aliphatic rings. The third-order valence-corrected chi connectivity index (χ3v) is 4.75. The number of hydrogen-bond donors (Lipinski definition) is 0. The fraction of sp³-hybridized carbons (Fsp3) is 0.150. The van der Waals surface area contributed by atoms with Crippen LogP contribution in [-0.2, 0) is 17.9 Å². The van der Waals surface area contributed by atoms with E-state index in [1.165, 1.54) is 12.1 Å². The van der Waals surface area contributed by atoms with Crippen molar-refractivity contribution in [3.8, 4) is 22.4 Å². The second-order valence-electron chi connectivity index (χ2n) is 6.33. The number of fused-ring (bicyclic) bond motifs is 2. The van der Waals surface area contributed by atoms with Gasteiger partial charge in [0.1, 0.15) is 11.5 Å². The van der Waals surface area contributed by atoms with Crippen molar-refractivity contribution < 1.29 is 9.13 Å². The zero-order valence-corrected chi connectivity index (χ0v) is 14.3. The summed E-state index contributed by atoms with van der Waals surface area (Å²) in [5.41, 5.74) is 5.16. The molecule has 0 unspecified atom stereocenters. The van der Waals surface area contributed by atoms with Crippen LogP contribution in [0.4, 0.5) is 10.2 Å². The van der Waals surface area contributed by atoms with Crippen LogP contribution in [0.25, 0.3) is 32.9 Å². The molecule has 0 fully saturated rings. The van der Waals surface area contributed by atoms with Crippen LogP contribution in [0.15, 0.2) is 48.8 Å². The Hall–Kier alpha value is -3.50. The summed E-state index contributed by atoms with van der Waals surface area (Å²) in [7, 11) is 0. The molecule has 1 aromatic carbocycles. The molecule has 4 heterocycles. The van der Waals surface area contributed by atoms with Crippen molar-refractivity contribution >= 4 is 11.5 Å². The molecule has 27 heavy (non-hydrogen) atoms. The van der Waals surface area contributed by atoms with E-state index >= 15 is 0 Å². The van der Waals surface area contributed by atoms with Crippen LogP contribution < -0.4 is 0 Å². The molecule has 0 saturated carbocycles. The highest BCUT2D eigenvalue weighted by Gasteiger charge is 2.24. The van der Waals surface area contributed by atoms with E-state index in [-0.39, 0.29) is 5.82 Å². The molecule has 0 bridgehead atoms. The second kappa shape index (κ2) is 6.04. The minimum atomic E-state index is -0.283. The van der Waals surface area contributed by atoms with E-state index in [1.54, 1.807) is 22.7 Å². The standard InChI is InChI=1S/C20H14FN5O/c1-22-18-10-23-17-7-4-14(11-25(17)18)19-16-12-27-9-8-26(16)24-20(19)13-2-5-15(21)6-3-13/h2-7,10-11H,8-9,12H2. The number of aromatic nitrogens is 4. The van der Waals surface area contributed by atoms with Gasteiger partial charge in [-0.25, -0.2) is 13.8 Å². The Balaban J connectivity index is 1.76. The molecule has 7 heteroatoms. The van der Waals surface area contributed by atoms with Crippen LogP contribution >= 0.6 is 0 Å². The van der Waals surface area contributed by atoms with Crippen molar-refractivity contribution in [1.82, 2.24) is 19.2 Å². The van der Waals surface area contributed by atoms with E-state index in [9.17, 15) is 4.39 Å². The summed E-state index contributed by atoms with van der Waals surface area (Å²) in [6.45, 7) is 9.07. The minimum Gasteiger partial charge on any atom is -0.373 e. The molecule has 6 nitrogen and oxygen atoms in total. The van der Waals surface area contributed by atoms with E-state index < -0.39 is 0 Å². The highest BCUT2D eigenvalue weighted by atomic mass is 19.1. The van der Waals surface area contributed by atoms with Crippen LogP contribution in [0.3, 0.4) is 0 Å². The van der Waals surface area contributed by atoms with Crippen LogP contribution in [0, 0.1) is 12.4 Å². The summed E-state index contributed by atoms with van der Waals surface area (Å²) in [5.74, 6) is 0.168. The van der Waals surface area contributed by atoms with Crippen molar-refractivity contribution in [3.05, 3.63) is 71.7 Å². The van der Waals surface area contributed by atoms with E-state index in [0.717, 1.165) is 28.1 Å². The lowest BCUT2D eigenvalue weighted by molar-refractivity contribution is 0.0805. The Morgan fingerprint density at radius 2 is 1.93 bits per heavy atom. The fourth-order valence-corrected chi connectivity index (χ4v) is 3.46. The van der Waals surface area contributed by atoms with E-state index in [2.05, 4.69) is 9.83 Å². The van der Waals surface area contributed by atoms with Crippen molar-refractivity contribution in [1.29, 1.82) is 0 Å². The number of benzene rings is 1. The number of ether oxygens (including phenoxy) is 1. The van der Waals surface area contributed by atoms with Gasteiger partial charge < -0.3 is 9.58 Å². The lowest BCUT2D eigenvalue weighted by Gasteiger charge is -2.15. The zero-order valence-electron chi connectivity index (χ0n) is 14.3. The Morgan fingerprint density at radius 1 is 1.11 bits per heavy atom. The monoisotopic (exact) mass is 359 g/mol. The molecule has 0 atom stereocenters. The summed E-state index contributed by atoms with van der Waals surface area (Å²) in [4.78, 5) is 7.77. The number of imidazole rings is 1. The molecule has 0 amide bonds. The first-order chi connectivity index (χ1) is 13.2. The first-order valence-corrected chi connectivity index (χ1v) is 8.53. The quantitative estimate of drug-likeness (QED) is 0.507. The molecule has 4 aromatic rings. The van der Waals surface area contributed by atoms with Gasteiger partial charge in [0.05, 0.1) is 37.8 Å². The second-order valence-corrected chi connectivity index (χ2v) is 6.33. The Kier molecular flexibility index (Phi) is 3.52. The Morgan fingerprint density at radius 3 is 2.74 bits per heavy atom. The maximum atomic E-state index is 13.4. The average Bonchev–Trinajstić information content (AvgIpc) is 3.29. The van der Waals surface area contributed by atoms with Gasteiger partial charge in [0.15, 0.2) is 0 Å². The summed E-state index contributed by atoms with van der Waals surface area (Å²) < 4.78 is 22.8. The van der Waals surface area contributed by atoms with Gasteiger partial charge in [-0.3, -0.25) is 4.68 Å². The van der Waals surface area contributed by atoms with Gasteiger partial charge in [-0.1, -0.05) is 6.57 Å². The van der Waals surface area contributed by atoms with E-state index in [1.807, 2.05) is 23.0 Å². The highest BCUT2D eigenvalue weighted by Crippen LogP contribution is 2.36.